The zero-order valence-electron chi connectivity index (χ0n) is 9.38. The lowest BCUT2D eigenvalue weighted by atomic mass is 10.1. The fourth-order valence-corrected chi connectivity index (χ4v) is 1.83. The first-order chi connectivity index (χ1) is 7.25. The van der Waals surface area contributed by atoms with Gasteiger partial charge in [0.15, 0.2) is 0 Å². The summed E-state index contributed by atoms with van der Waals surface area (Å²) in [6.07, 6.45) is 3.06. The fourth-order valence-electron chi connectivity index (χ4n) is 1.83. The maximum atomic E-state index is 4.44. The van der Waals surface area contributed by atoms with E-state index < -0.39 is 0 Å². The Hall–Kier alpha value is -1.16. The van der Waals surface area contributed by atoms with Crippen LogP contribution in [0.4, 0.5) is 5.82 Å². The molecule has 1 aliphatic rings. The Morgan fingerprint density at radius 1 is 1.53 bits per heavy atom. The van der Waals surface area contributed by atoms with Crippen LogP contribution < -0.4 is 10.6 Å². The lowest BCUT2D eigenvalue weighted by Gasteiger charge is -2.12. The zero-order valence-corrected chi connectivity index (χ0v) is 9.38. The summed E-state index contributed by atoms with van der Waals surface area (Å²) in [6.45, 7) is 7.21. The lowest BCUT2D eigenvalue weighted by Crippen LogP contribution is -2.18. The summed E-state index contributed by atoms with van der Waals surface area (Å²) < 4.78 is 0. The van der Waals surface area contributed by atoms with Gasteiger partial charge in [0.25, 0.3) is 0 Å². The first-order valence-corrected chi connectivity index (χ1v) is 5.50. The minimum atomic E-state index is 0.728. The fraction of sp³-hybridized carbons (Fsp3) is 0.636. The molecule has 82 valence electrons. The SMILES string of the molecule is Cc1cnc(C)c(NCC2CCNC2)n1. The van der Waals surface area contributed by atoms with E-state index in [1.54, 1.807) is 6.20 Å². The first-order valence-electron chi connectivity index (χ1n) is 5.50. The molecule has 2 rings (SSSR count). The first kappa shape index (κ1) is 10.4. The molecule has 0 aliphatic carbocycles. The molecule has 0 bridgehead atoms. The van der Waals surface area contributed by atoms with Gasteiger partial charge in [-0.15, -0.1) is 0 Å². The molecule has 0 amide bonds. The van der Waals surface area contributed by atoms with Gasteiger partial charge in [0.05, 0.1) is 11.4 Å². The van der Waals surface area contributed by atoms with E-state index in [9.17, 15) is 0 Å². The predicted octanol–water partition coefficient (Wildman–Crippen LogP) is 1.11. The third-order valence-electron chi connectivity index (χ3n) is 2.80. The molecule has 15 heavy (non-hydrogen) atoms. The highest BCUT2D eigenvalue weighted by atomic mass is 15.0. The molecule has 0 radical (unpaired) electrons. The summed E-state index contributed by atoms with van der Waals surface area (Å²) in [6, 6.07) is 0. The van der Waals surface area contributed by atoms with Gasteiger partial charge in [0.2, 0.25) is 0 Å². The largest absolute Gasteiger partial charge is 0.368 e. The van der Waals surface area contributed by atoms with E-state index in [1.807, 2.05) is 13.8 Å². The van der Waals surface area contributed by atoms with Crippen LogP contribution in [0.25, 0.3) is 0 Å². The second-order valence-corrected chi connectivity index (χ2v) is 4.19. The van der Waals surface area contributed by atoms with Crippen molar-refractivity contribution in [1.29, 1.82) is 0 Å². The van der Waals surface area contributed by atoms with Crippen molar-refractivity contribution in [2.45, 2.75) is 20.3 Å². The quantitative estimate of drug-likeness (QED) is 0.778. The number of aromatic nitrogens is 2. The van der Waals surface area contributed by atoms with E-state index in [-0.39, 0.29) is 0 Å². The number of hydrogen-bond donors (Lipinski definition) is 2. The van der Waals surface area contributed by atoms with Crippen LogP contribution in [-0.2, 0) is 0 Å². The van der Waals surface area contributed by atoms with Crippen molar-refractivity contribution >= 4 is 5.82 Å². The van der Waals surface area contributed by atoms with Gasteiger partial charge < -0.3 is 10.6 Å². The molecule has 0 saturated carbocycles. The molecule has 1 unspecified atom stereocenters. The van der Waals surface area contributed by atoms with Crippen LogP contribution in [0.3, 0.4) is 0 Å². The van der Waals surface area contributed by atoms with E-state index in [2.05, 4.69) is 20.6 Å². The number of rotatable bonds is 3. The van der Waals surface area contributed by atoms with Crippen molar-refractivity contribution in [1.82, 2.24) is 15.3 Å². The molecule has 1 saturated heterocycles. The smallest absolute Gasteiger partial charge is 0.147 e. The van der Waals surface area contributed by atoms with Gasteiger partial charge in [0, 0.05) is 12.7 Å². The monoisotopic (exact) mass is 206 g/mol. The number of aryl methyl sites for hydroxylation is 2. The van der Waals surface area contributed by atoms with Crippen LogP contribution >= 0.6 is 0 Å². The van der Waals surface area contributed by atoms with Gasteiger partial charge in [-0.3, -0.25) is 4.98 Å². The minimum Gasteiger partial charge on any atom is -0.368 e. The summed E-state index contributed by atoms with van der Waals surface area (Å²) in [4.78, 5) is 8.72. The molecule has 4 heteroatoms. The molecule has 1 atom stereocenters. The zero-order chi connectivity index (χ0) is 10.7. The maximum Gasteiger partial charge on any atom is 0.147 e. The molecule has 1 aliphatic heterocycles. The van der Waals surface area contributed by atoms with E-state index in [4.69, 9.17) is 0 Å². The van der Waals surface area contributed by atoms with Gasteiger partial charge in [-0.2, -0.15) is 0 Å². The molecule has 0 aromatic carbocycles. The summed E-state index contributed by atoms with van der Waals surface area (Å²) in [7, 11) is 0. The number of nitrogens with zero attached hydrogens (tertiary/aromatic N) is 2. The third kappa shape index (κ3) is 2.65. The average Bonchev–Trinajstić information content (AvgIpc) is 2.72. The molecule has 2 heterocycles. The van der Waals surface area contributed by atoms with Crippen molar-refractivity contribution in [2.75, 3.05) is 25.0 Å². The van der Waals surface area contributed by atoms with Crippen LogP contribution in [0.15, 0.2) is 6.20 Å². The average molecular weight is 206 g/mol. The van der Waals surface area contributed by atoms with Gasteiger partial charge in [-0.1, -0.05) is 0 Å². The summed E-state index contributed by atoms with van der Waals surface area (Å²) in [5.74, 6) is 1.66. The van der Waals surface area contributed by atoms with E-state index in [1.165, 1.54) is 6.42 Å². The van der Waals surface area contributed by atoms with Crippen LogP contribution in [0.1, 0.15) is 17.8 Å². The van der Waals surface area contributed by atoms with Crippen LogP contribution in [0.5, 0.6) is 0 Å². The van der Waals surface area contributed by atoms with Crippen molar-refractivity contribution in [3.05, 3.63) is 17.6 Å². The minimum absolute atomic E-state index is 0.728. The second kappa shape index (κ2) is 4.57. The third-order valence-corrected chi connectivity index (χ3v) is 2.80. The number of hydrogen-bond acceptors (Lipinski definition) is 4. The Bertz CT molecular complexity index is 331. The molecule has 1 aromatic heterocycles. The Kier molecular flexibility index (Phi) is 3.16. The van der Waals surface area contributed by atoms with Gasteiger partial charge >= 0.3 is 0 Å². The lowest BCUT2D eigenvalue weighted by molar-refractivity contribution is 0.613. The number of nitrogens with one attached hydrogen (secondary N) is 2. The molecule has 1 aromatic rings. The van der Waals surface area contributed by atoms with Crippen LogP contribution in [0, 0.1) is 19.8 Å². The number of anilines is 1. The molecular weight excluding hydrogens is 188 g/mol. The highest BCUT2D eigenvalue weighted by Gasteiger charge is 2.14. The predicted molar refractivity (Wildman–Crippen MR) is 61.0 cm³/mol. The second-order valence-electron chi connectivity index (χ2n) is 4.19. The molecule has 2 N–H and O–H groups in total. The summed E-state index contributed by atoms with van der Waals surface area (Å²) in [5.41, 5.74) is 1.94. The Labute approximate surface area is 90.5 Å². The Balaban J connectivity index is 1.94. The Morgan fingerprint density at radius 3 is 3.13 bits per heavy atom. The van der Waals surface area contributed by atoms with Crippen molar-refractivity contribution in [3.63, 3.8) is 0 Å². The summed E-state index contributed by atoms with van der Waals surface area (Å²) in [5, 5.41) is 6.74. The Morgan fingerprint density at radius 2 is 2.40 bits per heavy atom. The molecular formula is C11H18N4. The molecule has 0 spiro atoms. The maximum absolute atomic E-state index is 4.44. The van der Waals surface area contributed by atoms with E-state index >= 15 is 0 Å². The molecule has 1 fully saturated rings. The van der Waals surface area contributed by atoms with Crippen molar-refractivity contribution < 1.29 is 0 Å². The van der Waals surface area contributed by atoms with E-state index in [0.29, 0.717) is 0 Å². The standard InChI is InChI=1S/C11H18N4/c1-8-5-13-9(2)11(15-8)14-7-10-3-4-12-6-10/h5,10,12H,3-4,6-7H2,1-2H3,(H,14,15). The van der Waals surface area contributed by atoms with Gasteiger partial charge in [-0.05, 0) is 39.3 Å². The van der Waals surface area contributed by atoms with Crippen molar-refractivity contribution in [2.24, 2.45) is 5.92 Å². The highest BCUT2D eigenvalue weighted by molar-refractivity contribution is 5.39. The van der Waals surface area contributed by atoms with Gasteiger partial charge in [-0.25, -0.2) is 4.98 Å². The highest BCUT2D eigenvalue weighted by Crippen LogP contribution is 2.12. The normalized spacial score (nSPS) is 20.5. The van der Waals surface area contributed by atoms with Crippen LogP contribution in [0.2, 0.25) is 0 Å². The van der Waals surface area contributed by atoms with E-state index in [0.717, 1.165) is 42.8 Å². The topological polar surface area (TPSA) is 49.8 Å². The summed E-state index contributed by atoms with van der Waals surface area (Å²) >= 11 is 0. The van der Waals surface area contributed by atoms with Gasteiger partial charge in [0.1, 0.15) is 5.82 Å². The molecule has 4 nitrogen and oxygen atoms in total. The van der Waals surface area contributed by atoms with Crippen LogP contribution in [-0.4, -0.2) is 29.6 Å². The van der Waals surface area contributed by atoms with Crippen molar-refractivity contribution in [3.8, 4) is 0 Å².